The first-order valence-corrected chi connectivity index (χ1v) is 5.58. The topological polar surface area (TPSA) is 63.2 Å². The second-order valence-corrected chi connectivity index (χ2v) is 3.81. The van der Waals surface area contributed by atoms with E-state index in [0.29, 0.717) is 12.2 Å². The van der Waals surface area contributed by atoms with Gasteiger partial charge in [0.1, 0.15) is 5.69 Å². The highest BCUT2D eigenvalue weighted by Crippen LogP contribution is 2.00. The largest absolute Gasteiger partial charge is 0.380 e. The second-order valence-electron chi connectivity index (χ2n) is 3.81. The fourth-order valence-electron chi connectivity index (χ4n) is 1.29. The van der Waals surface area contributed by atoms with Crippen molar-refractivity contribution in [2.24, 2.45) is 0 Å². The van der Waals surface area contributed by atoms with E-state index in [0.717, 1.165) is 12.1 Å². The van der Waals surface area contributed by atoms with Crippen LogP contribution in [0.5, 0.6) is 0 Å². The predicted molar refractivity (Wildman–Crippen MR) is 65.8 cm³/mol. The first kappa shape index (κ1) is 13.6. The first-order chi connectivity index (χ1) is 8.17. The van der Waals surface area contributed by atoms with E-state index in [1.54, 1.807) is 26.4 Å². The van der Waals surface area contributed by atoms with Crippen LogP contribution in [0.4, 0.5) is 0 Å². The van der Waals surface area contributed by atoms with E-state index in [-0.39, 0.29) is 12.0 Å². The number of ether oxygens (including phenoxy) is 1. The van der Waals surface area contributed by atoms with Crippen LogP contribution in [0.25, 0.3) is 0 Å². The number of hydrogen-bond acceptors (Lipinski definition) is 4. The molecular weight excluding hydrogens is 218 g/mol. The lowest BCUT2D eigenvalue weighted by Crippen LogP contribution is -2.25. The van der Waals surface area contributed by atoms with Crippen molar-refractivity contribution in [2.45, 2.75) is 19.6 Å². The lowest BCUT2D eigenvalue weighted by Gasteiger charge is -2.10. The summed E-state index contributed by atoms with van der Waals surface area (Å²) in [5, 5.41) is 5.78. The maximum atomic E-state index is 11.3. The zero-order valence-electron chi connectivity index (χ0n) is 10.5. The molecule has 1 aromatic rings. The molecule has 0 aliphatic heterocycles. The molecule has 0 unspecified atom stereocenters. The fraction of sp³-hybridized carbons (Fsp3) is 0.500. The zero-order valence-corrected chi connectivity index (χ0v) is 10.5. The average molecular weight is 237 g/mol. The third-order valence-corrected chi connectivity index (χ3v) is 2.45. The van der Waals surface area contributed by atoms with Crippen LogP contribution < -0.4 is 10.6 Å². The Morgan fingerprint density at radius 2 is 2.29 bits per heavy atom. The van der Waals surface area contributed by atoms with E-state index < -0.39 is 0 Å². The van der Waals surface area contributed by atoms with Gasteiger partial charge in [-0.2, -0.15) is 0 Å². The van der Waals surface area contributed by atoms with Gasteiger partial charge in [0, 0.05) is 33.4 Å². The van der Waals surface area contributed by atoms with Gasteiger partial charge in [-0.05, 0) is 18.6 Å². The Kier molecular flexibility index (Phi) is 5.59. The molecule has 1 heterocycles. The van der Waals surface area contributed by atoms with Crippen LogP contribution in [0.3, 0.4) is 0 Å². The van der Waals surface area contributed by atoms with Gasteiger partial charge in [0.05, 0.1) is 6.10 Å². The molecule has 2 N–H and O–H groups in total. The molecule has 0 bridgehead atoms. The monoisotopic (exact) mass is 237 g/mol. The number of nitrogens with zero attached hydrogens (tertiary/aromatic N) is 1. The average Bonchev–Trinajstić information content (AvgIpc) is 2.38. The van der Waals surface area contributed by atoms with Crippen LogP contribution >= 0.6 is 0 Å². The normalized spacial score (nSPS) is 12.2. The number of amides is 1. The molecular formula is C12H19N3O2. The van der Waals surface area contributed by atoms with Crippen LogP contribution in [0.2, 0.25) is 0 Å². The van der Waals surface area contributed by atoms with Gasteiger partial charge in [0.15, 0.2) is 0 Å². The number of rotatable bonds is 6. The summed E-state index contributed by atoms with van der Waals surface area (Å²) >= 11 is 0. The van der Waals surface area contributed by atoms with Gasteiger partial charge in [-0.1, -0.05) is 6.07 Å². The summed E-state index contributed by atoms with van der Waals surface area (Å²) in [6.45, 7) is 3.50. The highest BCUT2D eigenvalue weighted by Gasteiger charge is 2.04. The molecule has 0 saturated carbocycles. The quantitative estimate of drug-likeness (QED) is 0.759. The molecule has 17 heavy (non-hydrogen) atoms. The van der Waals surface area contributed by atoms with E-state index in [4.69, 9.17) is 4.74 Å². The molecule has 0 saturated heterocycles. The summed E-state index contributed by atoms with van der Waals surface area (Å²) in [4.78, 5) is 15.3. The molecule has 0 spiro atoms. The lowest BCUT2D eigenvalue weighted by molar-refractivity contribution is 0.0958. The first-order valence-electron chi connectivity index (χ1n) is 5.58. The number of carbonyl (C=O) groups excluding carboxylic acids is 1. The smallest absolute Gasteiger partial charge is 0.269 e. The highest BCUT2D eigenvalue weighted by molar-refractivity contribution is 5.91. The SMILES string of the molecule is CNC(=O)c1ccc(CNC[C@@H](C)OC)cn1. The van der Waals surface area contributed by atoms with Gasteiger partial charge in [-0.25, -0.2) is 0 Å². The van der Waals surface area contributed by atoms with E-state index in [2.05, 4.69) is 15.6 Å². The van der Waals surface area contributed by atoms with Crippen molar-refractivity contribution < 1.29 is 9.53 Å². The molecule has 1 aromatic heterocycles. The third kappa shape index (κ3) is 4.50. The Labute approximate surface area is 102 Å². The molecule has 0 fully saturated rings. The molecule has 0 radical (unpaired) electrons. The number of aromatic nitrogens is 1. The van der Waals surface area contributed by atoms with Crippen molar-refractivity contribution in [2.75, 3.05) is 20.7 Å². The summed E-state index contributed by atoms with van der Waals surface area (Å²) in [6, 6.07) is 3.61. The minimum absolute atomic E-state index is 0.169. The highest BCUT2D eigenvalue weighted by atomic mass is 16.5. The second kappa shape index (κ2) is 6.98. The van der Waals surface area contributed by atoms with Crippen LogP contribution in [0.1, 0.15) is 23.0 Å². The molecule has 5 nitrogen and oxygen atoms in total. The van der Waals surface area contributed by atoms with Crippen LogP contribution in [0.15, 0.2) is 18.3 Å². The van der Waals surface area contributed by atoms with Gasteiger partial charge in [-0.15, -0.1) is 0 Å². The maximum absolute atomic E-state index is 11.3. The van der Waals surface area contributed by atoms with Gasteiger partial charge in [0.25, 0.3) is 5.91 Å². The molecule has 1 rings (SSSR count). The fourth-order valence-corrected chi connectivity index (χ4v) is 1.29. The Balaban J connectivity index is 2.43. The lowest BCUT2D eigenvalue weighted by atomic mass is 10.2. The Morgan fingerprint density at radius 1 is 1.53 bits per heavy atom. The summed E-state index contributed by atoms with van der Waals surface area (Å²) in [7, 11) is 3.28. The van der Waals surface area contributed by atoms with Gasteiger partial charge in [-0.3, -0.25) is 9.78 Å². The van der Waals surface area contributed by atoms with Crippen molar-refractivity contribution in [3.8, 4) is 0 Å². The van der Waals surface area contributed by atoms with Crippen molar-refractivity contribution >= 4 is 5.91 Å². The predicted octanol–water partition coefficient (Wildman–Crippen LogP) is 0.566. The summed E-state index contributed by atoms with van der Waals surface area (Å²) < 4.78 is 5.12. The van der Waals surface area contributed by atoms with Crippen molar-refractivity contribution in [3.63, 3.8) is 0 Å². The van der Waals surface area contributed by atoms with E-state index in [1.807, 2.05) is 13.0 Å². The van der Waals surface area contributed by atoms with Crippen molar-refractivity contribution in [1.82, 2.24) is 15.6 Å². The number of pyridine rings is 1. The Bertz CT molecular complexity index is 351. The van der Waals surface area contributed by atoms with Gasteiger partial charge >= 0.3 is 0 Å². The minimum atomic E-state index is -0.169. The number of carbonyl (C=O) groups is 1. The molecule has 0 aliphatic carbocycles. The number of hydrogen-bond donors (Lipinski definition) is 2. The van der Waals surface area contributed by atoms with Crippen LogP contribution in [-0.4, -0.2) is 37.7 Å². The summed E-state index contributed by atoms with van der Waals surface area (Å²) in [5.41, 5.74) is 1.47. The van der Waals surface area contributed by atoms with Gasteiger partial charge in [0.2, 0.25) is 0 Å². The maximum Gasteiger partial charge on any atom is 0.269 e. The Morgan fingerprint density at radius 3 is 2.82 bits per heavy atom. The summed E-state index contributed by atoms with van der Waals surface area (Å²) in [6.07, 6.45) is 1.89. The number of nitrogens with one attached hydrogen (secondary N) is 2. The van der Waals surface area contributed by atoms with Crippen molar-refractivity contribution in [1.29, 1.82) is 0 Å². The molecule has 0 aliphatic rings. The third-order valence-electron chi connectivity index (χ3n) is 2.45. The number of methoxy groups -OCH3 is 1. The van der Waals surface area contributed by atoms with E-state index >= 15 is 0 Å². The molecule has 5 heteroatoms. The van der Waals surface area contributed by atoms with E-state index in [1.165, 1.54) is 0 Å². The standard InChI is InChI=1S/C12H19N3O2/c1-9(17-3)6-14-7-10-4-5-11(15-8-10)12(16)13-2/h4-5,8-9,14H,6-7H2,1-3H3,(H,13,16)/t9-/m1/s1. The minimum Gasteiger partial charge on any atom is -0.380 e. The molecule has 1 atom stereocenters. The molecule has 94 valence electrons. The molecule has 1 amide bonds. The van der Waals surface area contributed by atoms with Crippen LogP contribution in [-0.2, 0) is 11.3 Å². The van der Waals surface area contributed by atoms with E-state index in [9.17, 15) is 4.79 Å². The summed E-state index contributed by atoms with van der Waals surface area (Å²) in [5.74, 6) is -0.169. The Hall–Kier alpha value is -1.46. The molecule has 0 aromatic carbocycles. The van der Waals surface area contributed by atoms with Gasteiger partial charge < -0.3 is 15.4 Å². The van der Waals surface area contributed by atoms with Crippen molar-refractivity contribution in [3.05, 3.63) is 29.6 Å². The van der Waals surface area contributed by atoms with Crippen LogP contribution in [0, 0.1) is 0 Å². The zero-order chi connectivity index (χ0) is 12.7.